The Kier molecular flexibility index (Phi) is 10.0. The van der Waals surface area contributed by atoms with Crippen LogP contribution in [0.2, 0.25) is 0 Å². The number of Topliss-reactive ketones (excluding diaryl/α,β-unsaturated/α-hetero) is 1. The third-order valence-corrected chi connectivity index (χ3v) is 6.77. The lowest BCUT2D eigenvalue weighted by Gasteiger charge is -2.33. The van der Waals surface area contributed by atoms with Gasteiger partial charge in [0.1, 0.15) is 6.61 Å². The van der Waals surface area contributed by atoms with Crippen LogP contribution in [0.4, 0.5) is 4.79 Å². The van der Waals surface area contributed by atoms with Crippen molar-refractivity contribution in [2.75, 3.05) is 25.5 Å². The first-order valence-corrected chi connectivity index (χ1v) is 13.6. The van der Waals surface area contributed by atoms with Crippen molar-refractivity contribution in [2.24, 2.45) is 5.41 Å². The number of ether oxygens (including phenoxy) is 2. The van der Waals surface area contributed by atoms with Gasteiger partial charge in [-0.1, -0.05) is 90.8 Å². The normalized spacial score (nSPS) is 14.5. The minimum atomic E-state index is -2.62. The fraction of sp³-hybridized carbons (Fsp3) is 0.500. The van der Waals surface area contributed by atoms with Crippen molar-refractivity contribution < 1.29 is 28.0 Å². The summed E-state index contributed by atoms with van der Waals surface area (Å²) in [6, 6.07) is 16.1. The fourth-order valence-corrected chi connectivity index (χ4v) is 4.81. The molecule has 0 aliphatic heterocycles. The van der Waals surface area contributed by atoms with Crippen molar-refractivity contribution in [1.82, 2.24) is 4.90 Å². The number of hydrogen-bond donors (Lipinski definition) is 0. The zero-order valence-corrected chi connectivity index (χ0v) is 23.8. The summed E-state index contributed by atoms with van der Waals surface area (Å²) in [5.74, 6) is -0.862. The highest BCUT2D eigenvalue weighted by atomic mass is 79.9. The SMILES string of the molecule is [2H]C([2H])([2H])C(CCCC(C)(C)CN(C)C(=O)OCc1ccccc1)(C(=O)CBr)c1cccc(CC(=O)OCC)c1. The lowest BCUT2D eigenvalue weighted by molar-refractivity contribution is -0.142. The second-order valence-corrected chi connectivity index (χ2v) is 10.6. The van der Waals surface area contributed by atoms with E-state index >= 15 is 0 Å². The summed E-state index contributed by atoms with van der Waals surface area (Å²) in [6.07, 6.45) is 0.628. The summed E-state index contributed by atoms with van der Waals surface area (Å²) in [5, 5.41) is -0.118. The predicted octanol–water partition coefficient (Wildman–Crippen LogP) is 6.48. The summed E-state index contributed by atoms with van der Waals surface area (Å²) < 4.78 is 35.8. The van der Waals surface area contributed by atoms with Gasteiger partial charge in [0, 0.05) is 17.7 Å². The third-order valence-electron chi connectivity index (χ3n) is 6.26. The molecule has 0 spiro atoms. The van der Waals surface area contributed by atoms with Gasteiger partial charge in [0.05, 0.1) is 23.8 Å². The van der Waals surface area contributed by atoms with Gasteiger partial charge < -0.3 is 14.4 Å². The number of amides is 1. The van der Waals surface area contributed by atoms with E-state index in [1.54, 1.807) is 38.2 Å². The van der Waals surface area contributed by atoms with Gasteiger partial charge in [-0.15, -0.1) is 0 Å². The van der Waals surface area contributed by atoms with E-state index in [4.69, 9.17) is 13.6 Å². The molecule has 7 heteroatoms. The fourth-order valence-electron chi connectivity index (χ4n) is 4.33. The summed E-state index contributed by atoms with van der Waals surface area (Å²) in [7, 11) is 1.67. The van der Waals surface area contributed by atoms with Crippen molar-refractivity contribution in [3.8, 4) is 0 Å². The first-order valence-electron chi connectivity index (χ1n) is 14.0. The molecule has 1 unspecified atom stereocenters. The number of ketones is 1. The second-order valence-electron chi connectivity index (χ2n) is 10.1. The number of alkyl halides is 1. The zero-order valence-electron chi connectivity index (χ0n) is 25.2. The summed E-state index contributed by atoms with van der Waals surface area (Å²) in [5.41, 5.74) is -0.282. The van der Waals surface area contributed by atoms with E-state index in [1.165, 1.54) is 4.90 Å². The van der Waals surface area contributed by atoms with Crippen LogP contribution in [0.3, 0.4) is 0 Å². The van der Waals surface area contributed by atoms with E-state index in [0.717, 1.165) is 5.56 Å². The second kappa shape index (κ2) is 14.3. The van der Waals surface area contributed by atoms with Crippen molar-refractivity contribution in [3.05, 3.63) is 71.3 Å². The molecule has 0 fully saturated rings. The molecular formula is C30H40BrNO5. The number of halogens is 1. The molecule has 0 heterocycles. The lowest BCUT2D eigenvalue weighted by atomic mass is 9.73. The first-order chi connectivity index (χ1) is 18.8. The number of rotatable bonds is 14. The average Bonchev–Trinajstić information content (AvgIpc) is 2.89. The van der Waals surface area contributed by atoms with E-state index in [1.807, 2.05) is 44.2 Å². The van der Waals surface area contributed by atoms with Gasteiger partial charge in [0.25, 0.3) is 0 Å². The molecule has 37 heavy (non-hydrogen) atoms. The van der Waals surface area contributed by atoms with Crippen LogP contribution >= 0.6 is 15.9 Å². The summed E-state index contributed by atoms with van der Waals surface area (Å²) in [6.45, 7) is 3.90. The number of benzene rings is 2. The quantitative estimate of drug-likeness (QED) is 0.190. The van der Waals surface area contributed by atoms with E-state index < -0.39 is 30.1 Å². The minimum absolute atomic E-state index is 0.0129. The maximum atomic E-state index is 13.4. The van der Waals surface area contributed by atoms with Crippen LogP contribution in [0.15, 0.2) is 54.6 Å². The Balaban J connectivity index is 2.17. The van der Waals surface area contributed by atoms with Crippen molar-refractivity contribution in [2.45, 2.75) is 65.3 Å². The highest BCUT2D eigenvalue weighted by Crippen LogP contribution is 2.35. The van der Waals surface area contributed by atoms with Gasteiger partial charge in [-0.2, -0.15) is 0 Å². The number of esters is 1. The monoisotopic (exact) mass is 576 g/mol. The topological polar surface area (TPSA) is 72.9 Å². The first kappa shape index (κ1) is 26.0. The number of carbonyl (C=O) groups excluding carboxylic acids is 3. The Hall–Kier alpha value is -2.67. The van der Waals surface area contributed by atoms with Crippen LogP contribution in [0.5, 0.6) is 0 Å². The smallest absolute Gasteiger partial charge is 0.409 e. The molecule has 2 aromatic rings. The molecule has 0 aliphatic rings. The molecule has 2 aromatic carbocycles. The van der Waals surface area contributed by atoms with Gasteiger partial charge >= 0.3 is 12.1 Å². The average molecular weight is 578 g/mol. The molecule has 0 saturated carbocycles. The van der Waals surface area contributed by atoms with Gasteiger partial charge in [0.2, 0.25) is 0 Å². The Morgan fingerprint density at radius 2 is 1.70 bits per heavy atom. The number of hydrogen-bond acceptors (Lipinski definition) is 5. The van der Waals surface area contributed by atoms with Crippen LogP contribution in [0, 0.1) is 5.41 Å². The summed E-state index contributed by atoms with van der Waals surface area (Å²) >= 11 is 3.20. The van der Waals surface area contributed by atoms with Crippen LogP contribution in [0.25, 0.3) is 0 Å². The van der Waals surface area contributed by atoms with Crippen molar-refractivity contribution in [1.29, 1.82) is 0 Å². The largest absolute Gasteiger partial charge is 0.466 e. The Morgan fingerprint density at radius 1 is 1.00 bits per heavy atom. The standard InChI is InChI=1S/C30H40BrNO5/c1-6-36-27(34)19-24-14-10-15-25(18-24)30(4,26(33)20-31)17-11-16-29(2,3)22-32(5)28(35)37-21-23-12-8-7-9-13-23/h7-10,12-15,18H,6,11,16-17,19-22H2,1-5H3/i4D3. The third kappa shape index (κ3) is 9.62. The minimum Gasteiger partial charge on any atom is -0.466 e. The van der Waals surface area contributed by atoms with E-state index in [9.17, 15) is 14.4 Å². The molecule has 2 rings (SSSR count). The van der Waals surface area contributed by atoms with Crippen LogP contribution in [0.1, 0.15) is 67.7 Å². The molecular weight excluding hydrogens is 534 g/mol. The highest BCUT2D eigenvalue weighted by molar-refractivity contribution is 9.09. The molecule has 1 amide bonds. The summed E-state index contributed by atoms with van der Waals surface area (Å²) in [4.78, 5) is 39.5. The lowest BCUT2D eigenvalue weighted by Crippen LogP contribution is -2.37. The maximum absolute atomic E-state index is 13.4. The van der Waals surface area contributed by atoms with Crippen LogP contribution in [-0.2, 0) is 37.5 Å². The Bertz CT molecular complexity index is 1140. The van der Waals surface area contributed by atoms with E-state index in [-0.39, 0.29) is 36.8 Å². The van der Waals surface area contributed by atoms with Crippen molar-refractivity contribution in [3.63, 3.8) is 0 Å². The Morgan fingerprint density at radius 3 is 2.35 bits per heavy atom. The highest BCUT2D eigenvalue weighted by Gasteiger charge is 2.35. The molecule has 0 aromatic heterocycles. The van der Waals surface area contributed by atoms with Crippen LogP contribution < -0.4 is 0 Å². The van der Waals surface area contributed by atoms with E-state index in [0.29, 0.717) is 30.5 Å². The van der Waals surface area contributed by atoms with Crippen molar-refractivity contribution >= 4 is 33.8 Å². The molecule has 0 radical (unpaired) electrons. The van der Waals surface area contributed by atoms with Gasteiger partial charge in [-0.3, -0.25) is 9.59 Å². The molecule has 202 valence electrons. The molecule has 0 N–H and O–H groups in total. The predicted molar refractivity (Wildman–Crippen MR) is 150 cm³/mol. The van der Waals surface area contributed by atoms with E-state index in [2.05, 4.69) is 15.9 Å². The van der Waals surface area contributed by atoms with Gasteiger partial charge in [0.15, 0.2) is 5.78 Å². The van der Waals surface area contributed by atoms with Gasteiger partial charge in [-0.25, -0.2) is 4.79 Å². The van der Waals surface area contributed by atoms with Gasteiger partial charge in [-0.05, 0) is 48.7 Å². The maximum Gasteiger partial charge on any atom is 0.409 e. The zero-order chi connectivity index (χ0) is 30.0. The Labute approximate surface area is 234 Å². The molecule has 0 saturated heterocycles. The number of nitrogens with zero attached hydrogens (tertiary/aromatic N) is 1. The van der Waals surface area contributed by atoms with Crippen LogP contribution in [-0.4, -0.2) is 48.3 Å². The molecule has 1 atom stereocenters. The molecule has 0 aliphatic carbocycles. The molecule has 0 bridgehead atoms. The molecule has 6 nitrogen and oxygen atoms in total. The number of carbonyl (C=O) groups is 3.